The van der Waals surface area contributed by atoms with Crippen molar-refractivity contribution in [1.29, 1.82) is 0 Å². The summed E-state index contributed by atoms with van der Waals surface area (Å²) in [6.45, 7) is 0.660. The van der Waals surface area contributed by atoms with E-state index in [1.54, 1.807) is 14.2 Å². The average molecular weight is 167 g/mol. The Balaban J connectivity index is 3.21. The lowest BCUT2D eigenvalue weighted by Crippen LogP contribution is -2.17. The van der Waals surface area contributed by atoms with Crippen LogP contribution in [0.25, 0.3) is 0 Å². The van der Waals surface area contributed by atoms with Crippen LogP contribution >= 0.6 is 11.6 Å². The molecule has 0 aliphatic heterocycles. The van der Waals surface area contributed by atoms with Crippen LogP contribution in [-0.2, 0) is 9.47 Å². The third-order valence-corrected chi connectivity index (χ3v) is 1.61. The molecule has 0 spiro atoms. The van der Waals surface area contributed by atoms with Crippen molar-refractivity contribution in [2.45, 2.75) is 18.9 Å². The van der Waals surface area contributed by atoms with Gasteiger partial charge in [0.1, 0.15) is 0 Å². The van der Waals surface area contributed by atoms with E-state index >= 15 is 0 Å². The topological polar surface area (TPSA) is 18.5 Å². The van der Waals surface area contributed by atoms with E-state index in [0.29, 0.717) is 12.5 Å². The average Bonchev–Trinajstić information content (AvgIpc) is 1.98. The van der Waals surface area contributed by atoms with Gasteiger partial charge in [0, 0.05) is 20.1 Å². The maximum Gasteiger partial charge on any atom is 0.0805 e. The molecule has 0 aromatic rings. The fourth-order valence-electron chi connectivity index (χ4n) is 0.760. The van der Waals surface area contributed by atoms with Gasteiger partial charge in [-0.25, -0.2) is 0 Å². The van der Waals surface area contributed by atoms with Gasteiger partial charge in [-0.2, -0.15) is 0 Å². The number of hydrogen-bond acceptors (Lipinski definition) is 2. The molecule has 0 aromatic carbocycles. The van der Waals surface area contributed by atoms with E-state index in [0.717, 1.165) is 12.8 Å². The lowest BCUT2D eigenvalue weighted by molar-refractivity contribution is 0.0233. The van der Waals surface area contributed by atoms with E-state index in [9.17, 15) is 0 Å². The standard InChI is InChI=1S/C7H15ClO2/c1-9-6-7(10-2)4-3-5-8/h7H,3-6H2,1-2H3. The fraction of sp³-hybridized carbons (Fsp3) is 1.00. The monoisotopic (exact) mass is 166 g/mol. The van der Waals surface area contributed by atoms with Crippen LogP contribution in [0.2, 0.25) is 0 Å². The summed E-state index contributed by atoms with van der Waals surface area (Å²) >= 11 is 5.51. The van der Waals surface area contributed by atoms with Crippen LogP contribution in [0.4, 0.5) is 0 Å². The zero-order chi connectivity index (χ0) is 7.82. The Labute approximate surface area is 67.5 Å². The summed E-state index contributed by atoms with van der Waals surface area (Å²) < 4.78 is 10.0. The summed E-state index contributed by atoms with van der Waals surface area (Å²) in [7, 11) is 3.37. The van der Waals surface area contributed by atoms with Crippen molar-refractivity contribution in [2.75, 3.05) is 26.7 Å². The summed E-state index contributed by atoms with van der Waals surface area (Å²) in [6.07, 6.45) is 2.18. The zero-order valence-electron chi connectivity index (χ0n) is 6.60. The molecule has 0 saturated heterocycles. The van der Waals surface area contributed by atoms with Crippen LogP contribution in [0, 0.1) is 0 Å². The van der Waals surface area contributed by atoms with Crippen molar-refractivity contribution in [3.8, 4) is 0 Å². The van der Waals surface area contributed by atoms with Gasteiger partial charge in [0.25, 0.3) is 0 Å². The Morgan fingerprint density at radius 3 is 2.50 bits per heavy atom. The van der Waals surface area contributed by atoms with Gasteiger partial charge >= 0.3 is 0 Å². The highest BCUT2D eigenvalue weighted by molar-refractivity contribution is 6.17. The Hall–Kier alpha value is 0.210. The molecule has 0 amide bonds. The molecule has 0 saturated carbocycles. The number of halogens is 1. The molecule has 0 heterocycles. The number of hydrogen-bond donors (Lipinski definition) is 0. The Morgan fingerprint density at radius 1 is 1.40 bits per heavy atom. The molecule has 0 aromatic heterocycles. The molecular weight excluding hydrogens is 152 g/mol. The van der Waals surface area contributed by atoms with Crippen LogP contribution in [0.1, 0.15) is 12.8 Å². The van der Waals surface area contributed by atoms with Crippen LogP contribution in [-0.4, -0.2) is 32.8 Å². The minimum Gasteiger partial charge on any atom is -0.382 e. The molecule has 2 nitrogen and oxygen atoms in total. The second-order valence-corrected chi connectivity index (χ2v) is 2.52. The van der Waals surface area contributed by atoms with Gasteiger partial charge < -0.3 is 9.47 Å². The molecule has 10 heavy (non-hydrogen) atoms. The first-order valence-corrected chi connectivity index (χ1v) is 3.96. The first-order valence-electron chi connectivity index (χ1n) is 3.42. The molecule has 0 aliphatic carbocycles. The quantitative estimate of drug-likeness (QED) is 0.559. The summed E-state index contributed by atoms with van der Waals surface area (Å²) in [5, 5.41) is 0. The molecule has 0 radical (unpaired) electrons. The smallest absolute Gasteiger partial charge is 0.0805 e. The third kappa shape index (κ3) is 5.03. The maximum absolute atomic E-state index is 5.51. The second kappa shape index (κ2) is 7.32. The van der Waals surface area contributed by atoms with E-state index < -0.39 is 0 Å². The van der Waals surface area contributed by atoms with E-state index in [1.165, 1.54) is 0 Å². The molecule has 1 atom stereocenters. The van der Waals surface area contributed by atoms with Crippen LogP contribution in [0.15, 0.2) is 0 Å². The summed E-state index contributed by atoms with van der Waals surface area (Å²) in [4.78, 5) is 0. The molecule has 1 unspecified atom stereocenters. The summed E-state index contributed by atoms with van der Waals surface area (Å²) in [6, 6.07) is 0. The fourth-order valence-corrected chi connectivity index (χ4v) is 0.914. The Kier molecular flexibility index (Phi) is 7.47. The molecule has 3 heteroatoms. The van der Waals surface area contributed by atoms with Crippen molar-refractivity contribution in [3.05, 3.63) is 0 Å². The molecule has 0 rings (SSSR count). The molecule has 0 fully saturated rings. The van der Waals surface area contributed by atoms with Crippen molar-refractivity contribution >= 4 is 11.6 Å². The van der Waals surface area contributed by atoms with Gasteiger partial charge in [-0.3, -0.25) is 0 Å². The predicted molar refractivity (Wildman–Crippen MR) is 42.6 cm³/mol. The van der Waals surface area contributed by atoms with Crippen LogP contribution in [0.5, 0.6) is 0 Å². The molecule has 62 valence electrons. The highest BCUT2D eigenvalue weighted by Crippen LogP contribution is 2.02. The highest BCUT2D eigenvalue weighted by atomic mass is 35.5. The predicted octanol–water partition coefficient (Wildman–Crippen LogP) is 1.67. The van der Waals surface area contributed by atoms with Crippen molar-refractivity contribution in [3.63, 3.8) is 0 Å². The minimum absolute atomic E-state index is 0.212. The van der Waals surface area contributed by atoms with Crippen molar-refractivity contribution in [1.82, 2.24) is 0 Å². The largest absolute Gasteiger partial charge is 0.382 e. The van der Waals surface area contributed by atoms with Gasteiger partial charge in [0.05, 0.1) is 12.7 Å². The molecule has 0 bridgehead atoms. The normalized spacial score (nSPS) is 13.5. The molecular formula is C7H15ClO2. The first-order chi connectivity index (χ1) is 4.85. The number of rotatable bonds is 6. The van der Waals surface area contributed by atoms with Crippen LogP contribution in [0.3, 0.4) is 0 Å². The zero-order valence-corrected chi connectivity index (χ0v) is 7.36. The Bertz CT molecular complexity index is 68.6. The van der Waals surface area contributed by atoms with E-state index in [-0.39, 0.29) is 6.10 Å². The molecule has 0 aliphatic rings. The highest BCUT2D eigenvalue weighted by Gasteiger charge is 2.04. The van der Waals surface area contributed by atoms with Crippen molar-refractivity contribution < 1.29 is 9.47 Å². The van der Waals surface area contributed by atoms with Gasteiger partial charge in [-0.15, -0.1) is 11.6 Å². The number of methoxy groups -OCH3 is 2. The minimum atomic E-state index is 0.212. The SMILES string of the molecule is COCC(CCCCl)OC. The van der Waals surface area contributed by atoms with Crippen molar-refractivity contribution in [2.24, 2.45) is 0 Å². The third-order valence-electron chi connectivity index (χ3n) is 1.35. The lowest BCUT2D eigenvalue weighted by Gasteiger charge is -2.12. The van der Waals surface area contributed by atoms with E-state index in [4.69, 9.17) is 21.1 Å². The van der Waals surface area contributed by atoms with Gasteiger partial charge in [-0.05, 0) is 12.8 Å². The van der Waals surface area contributed by atoms with Gasteiger partial charge in [-0.1, -0.05) is 0 Å². The lowest BCUT2D eigenvalue weighted by atomic mass is 10.2. The summed E-state index contributed by atoms with van der Waals surface area (Å²) in [5.41, 5.74) is 0. The summed E-state index contributed by atoms with van der Waals surface area (Å²) in [5.74, 6) is 0.698. The van der Waals surface area contributed by atoms with Gasteiger partial charge in [0.15, 0.2) is 0 Å². The Morgan fingerprint density at radius 2 is 2.10 bits per heavy atom. The number of ether oxygens (including phenoxy) is 2. The maximum atomic E-state index is 5.51. The first kappa shape index (κ1) is 10.2. The van der Waals surface area contributed by atoms with Crippen LogP contribution < -0.4 is 0 Å². The van der Waals surface area contributed by atoms with Gasteiger partial charge in [0.2, 0.25) is 0 Å². The number of alkyl halides is 1. The van der Waals surface area contributed by atoms with E-state index in [1.807, 2.05) is 0 Å². The second-order valence-electron chi connectivity index (χ2n) is 2.14. The van der Waals surface area contributed by atoms with E-state index in [2.05, 4.69) is 0 Å². The molecule has 0 N–H and O–H groups in total.